The number of hydrogen-bond acceptors (Lipinski definition) is 5. The molecule has 2 heterocycles. The third-order valence-electron chi connectivity index (χ3n) is 4.58. The van der Waals surface area contributed by atoms with Gasteiger partial charge in [-0.1, -0.05) is 58.0 Å². The number of carboxylic acid groups (broad SMARTS) is 1. The number of carbonyl (C=O) groups is 1. The van der Waals surface area contributed by atoms with Gasteiger partial charge in [0.15, 0.2) is 0 Å². The van der Waals surface area contributed by atoms with Gasteiger partial charge in [-0.25, -0.2) is 4.98 Å². The number of aromatic amines is 1. The lowest BCUT2D eigenvalue weighted by atomic mass is 9.87. The monoisotopic (exact) mass is 374 g/mol. The summed E-state index contributed by atoms with van der Waals surface area (Å²) in [5.74, 6) is 1.82. The number of morpholine rings is 1. The highest BCUT2D eigenvalue weighted by molar-refractivity contribution is 5.32. The van der Waals surface area contributed by atoms with Gasteiger partial charge in [-0.2, -0.15) is 5.10 Å². The van der Waals surface area contributed by atoms with E-state index >= 15 is 0 Å². The minimum Gasteiger partial charge on any atom is -0.483 e. The van der Waals surface area contributed by atoms with Crippen molar-refractivity contribution in [2.45, 2.75) is 52.9 Å². The molecule has 0 aliphatic carbocycles. The van der Waals surface area contributed by atoms with Crippen molar-refractivity contribution in [2.24, 2.45) is 5.41 Å². The van der Waals surface area contributed by atoms with E-state index in [-0.39, 0.29) is 24.1 Å². The van der Waals surface area contributed by atoms with Crippen LogP contribution in [0.5, 0.6) is 0 Å². The van der Waals surface area contributed by atoms with Crippen molar-refractivity contribution in [1.29, 1.82) is 0 Å². The molecule has 1 aliphatic rings. The molecule has 2 atom stereocenters. The van der Waals surface area contributed by atoms with Crippen LogP contribution in [0, 0.1) is 5.41 Å². The van der Waals surface area contributed by atoms with Crippen molar-refractivity contribution >= 4 is 6.47 Å². The summed E-state index contributed by atoms with van der Waals surface area (Å²) in [6, 6.07) is 10.5. The van der Waals surface area contributed by atoms with E-state index in [2.05, 4.69) is 72.0 Å². The van der Waals surface area contributed by atoms with Gasteiger partial charge in [-0.05, 0) is 11.0 Å². The number of nitrogens with one attached hydrogen (secondary N) is 1. The molecule has 3 rings (SSSR count). The predicted molar refractivity (Wildman–Crippen MR) is 103 cm³/mol. The topological polar surface area (TPSA) is 91.3 Å². The average Bonchev–Trinajstić information content (AvgIpc) is 3.10. The normalized spacial score (nSPS) is 20.6. The lowest BCUT2D eigenvalue weighted by molar-refractivity contribution is -0.131. The average molecular weight is 374 g/mol. The summed E-state index contributed by atoms with van der Waals surface area (Å²) in [6.07, 6.45) is 1.14. The van der Waals surface area contributed by atoms with Crippen LogP contribution >= 0.6 is 0 Å². The number of aromatic nitrogens is 3. The molecule has 0 amide bonds. The molecule has 148 valence electrons. The predicted octanol–water partition coefficient (Wildman–Crippen LogP) is 3.06. The van der Waals surface area contributed by atoms with E-state index in [1.165, 1.54) is 5.56 Å². The minimum absolute atomic E-state index is 0.0951. The van der Waals surface area contributed by atoms with Crippen LogP contribution in [0.15, 0.2) is 30.3 Å². The Labute approximate surface area is 160 Å². The molecule has 27 heavy (non-hydrogen) atoms. The largest absolute Gasteiger partial charge is 0.483 e. The van der Waals surface area contributed by atoms with Gasteiger partial charge in [-0.15, -0.1) is 0 Å². The Bertz CT molecular complexity index is 697. The molecule has 0 saturated carbocycles. The molecule has 0 spiro atoms. The highest BCUT2D eigenvalue weighted by Crippen LogP contribution is 2.33. The van der Waals surface area contributed by atoms with Crippen molar-refractivity contribution in [1.82, 2.24) is 20.1 Å². The molecule has 0 unspecified atom stereocenters. The highest BCUT2D eigenvalue weighted by atomic mass is 16.5. The number of rotatable bonds is 4. The molecule has 7 heteroatoms. The maximum atomic E-state index is 8.36. The number of aryl methyl sites for hydroxylation is 1. The Hall–Kier alpha value is -2.25. The Morgan fingerprint density at radius 1 is 1.30 bits per heavy atom. The van der Waals surface area contributed by atoms with Gasteiger partial charge in [0.1, 0.15) is 11.6 Å². The Morgan fingerprint density at radius 2 is 1.96 bits per heavy atom. The van der Waals surface area contributed by atoms with E-state index in [4.69, 9.17) is 14.6 Å². The van der Waals surface area contributed by atoms with Crippen LogP contribution in [0.25, 0.3) is 0 Å². The molecule has 1 aliphatic heterocycles. The van der Waals surface area contributed by atoms with E-state index in [1.54, 1.807) is 0 Å². The molecule has 1 aromatic carbocycles. The zero-order valence-electron chi connectivity index (χ0n) is 16.6. The van der Waals surface area contributed by atoms with Crippen LogP contribution in [-0.4, -0.2) is 50.9 Å². The second kappa shape index (κ2) is 9.62. The number of nitrogens with zero attached hydrogens (tertiary/aromatic N) is 3. The molecule has 1 aromatic heterocycles. The van der Waals surface area contributed by atoms with Crippen LogP contribution < -0.4 is 0 Å². The van der Waals surface area contributed by atoms with Crippen LogP contribution in [0.4, 0.5) is 0 Å². The van der Waals surface area contributed by atoms with E-state index in [9.17, 15) is 0 Å². The molecule has 1 saturated heterocycles. The Balaban J connectivity index is 0.000000817. The standard InChI is InChI=1S/C19H28N4O.CH2O2/c1-5-17-20-18(22-21-17)13-23-11-15(14-9-7-6-8-10-14)24-16(12-23)19(2,3)4;2-1-3/h6-10,15-16H,5,11-13H2,1-4H3,(H,20,21,22);1H,(H,2,3)/t15-,16+;/m0./s1. The quantitative estimate of drug-likeness (QED) is 0.799. The fraction of sp³-hybridized carbons (Fsp3) is 0.550. The zero-order chi connectivity index (χ0) is 19.9. The fourth-order valence-corrected chi connectivity index (χ4v) is 3.06. The molecule has 7 nitrogen and oxygen atoms in total. The number of hydrogen-bond donors (Lipinski definition) is 2. The summed E-state index contributed by atoms with van der Waals surface area (Å²) >= 11 is 0. The van der Waals surface area contributed by atoms with Crippen LogP contribution in [0.3, 0.4) is 0 Å². The summed E-state index contributed by atoms with van der Waals surface area (Å²) in [7, 11) is 0. The van der Waals surface area contributed by atoms with Crippen molar-refractivity contribution in [3.63, 3.8) is 0 Å². The molecule has 2 aromatic rings. The van der Waals surface area contributed by atoms with E-state index in [1.807, 2.05) is 6.07 Å². The lowest BCUT2D eigenvalue weighted by Crippen LogP contribution is -2.48. The molecule has 2 N–H and O–H groups in total. The van der Waals surface area contributed by atoms with Gasteiger partial charge < -0.3 is 9.84 Å². The Kier molecular flexibility index (Phi) is 7.50. The summed E-state index contributed by atoms with van der Waals surface area (Å²) in [4.78, 5) is 15.3. The molecular weight excluding hydrogens is 344 g/mol. The maximum absolute atomic E-state index is 8.36. The molecule has 0 bridgehead atoms. The van der Waals surface area contributed by atoms with Crippen LogP contribution in [0.1, 0.15) is 51.0 Å². The van der Waals surface area contributed by atoms with Gasteiger partial charge in [-0.3, -0.25) is 14.8 Å². The van der Waals surface area contributed by atoms with Crippen molar-refractivity contribution in [3.05, 3.63) is 47.5 Å². The van der Waals surface area contributed by atoms with Crippen molar-refractivity contribution in [2.75, 3.05) is 13.1 Å². The van der Waals surface area contributed by atoms with Gasteiger partial charge in [0.2, 0.25) is 0 Å². The first-order valence-electron chi connectivity index (χ1n) is 9.28. The Morgan fingerprint density at radius 3 is 2.52 bits per heavy atom. The summed E-state index contributed by atoms with van der Waals surface area (Å²) in [5, 5.41) is 14.2. The second-order valence-electron chi connectivity index (χ2n) is 7.74. The number of H-pyrrole nitrogens is 1. The van der Waals surface area contributed by atoms with Crippen molar-refractivity contribution < 1.29 is 14.6 Å². The highest BCUT2D eigenvalue weighted by Gasteiger charge is 2.35. The third-order valence-corrected chi connectivity index (χ3v) is 4.58. The zero-order valence-corrected chi connectivity index (χ0v) is 16.6. The van der Waals surface area contributed by atoms with Gasteiger partial charge in [0, 0.05) is 19.5 Å². The third kappa shape index (κ3) is 6.15. The first-order chi connectivity index (χ1) is 12.9. The minimum atomic E-state index is -0.250. The van der Waals surface area contributed by atoms with Gasteiger partial charge in [0.05, 0.1) is 18.8 Å². The first kappa shape index (κ1) is 21.1. The maximum Gasteiger partial charge on any atom is 0.290 e. The summed E-state index contributed by atoms with van der Waals surface area (Å²) < 4.78 is 6.44. The van der Waals surface area contributed by atoms with Crippen molar-refractivity contribution in [3.8, 4) is 0 Å². The molecule has 0 radical (unpaired) electrons. The smallest absolute Gasteiger partial charge is 0.290 e. The SMILES string of the molecule is CCc1n[nH]c(CN2C[C@@H](c3ccccc3)O[C@@H](C(C)(C)C)C2)n1.O=CO. The lowest BCUT2D eigenvalue weighted by Gasteiger charge is -2.43. The number of ether oxygens (including phenoxy) is 1. The van der Waals surface area contributed by atoms with Crippen LogP contribution in [0.2, 0.25) is 0 Å². The fourth-order valence-electron chi connectivity index (χ4n) is 3.06. The van der Waals surface area contributed by atoms with Crippen LogP contribution in [-0.2, 0) is 22.5 Å². The number of benzene rings is 1. The van der Waals surface area contributed by atoms with E-state index < -0.39 is 0 Å². The van der Waals surface area contributed by atoms with Gasteiger partial charge in [0.25, 0.3) is 6.47 Å². The van der Waals surface area contributed by atoms with E-state index in [0.717, 1.165) is 37.7 Å². The summed E-state index contributed by atoms with van der Waals surface area (Å²) in [6.45, 7) is 11.1. The first-order valence-corrected chi connectivity index (χ1v) is 9.28. The van der Waals surface area contributed by atoms with E-state index in [0.29, 0.717) is 0 Å². The molecule has 1 fully saturated rings. The second-order valence-corrected chi connectivity index (χ2v) is 7.74. The summed E-state index contributed by atoms with van der Waals surface area (Å²) in [5.41, 5.74) is 1.34. The van der Waals surface area contributed by atoms with Gasteiger partial charge >= 0.3 is 0 Å². The molecular formula is C20H30N4O3.